The first-order valence-electron chi connectivity index (χ1n) is 55.4. The molecule has 2 N–H and O–H groups in total. The Kier molecular flexibility index (Phi) is 47.7. The van der Waals surface area contributed by atoms with Gasteiger partial charge in [0.25, 0.3) is 0 Å². The molecule has 3 unspecified atom stereocenters. The second-order valence-electron chi connectivity index (χ2n) is 52.4. The summed E-state index contributed by atoms with van der Waals surface area (Å²) in [4.78, 5) is 69.8. The third-order valence-corrected chi connectivity index (χ3v) is 33.3. The number of amides is 2. The lowest BCUT2D eigenvalue weighted by atomic mass is 9.71. The van der Waals surface area contributed by atoms with Gasteiger partial charge in [-0.3, -0.25) is 4.90 Å². The number of primary sulfonamides is 1. The van der Waals surface area contributed by atoms with Gasteiger partial charge in [0.2, 0.25) is 33.8 Å². The van der Waals surface area contributed by atoms with Crippen LogP contribution in [0.2, 0.25) is 5.02 Å². The van der Waals surface area contributed by atoms with Gasteiger partial charge < -0.3 is 38.8 Å². The molecule has 7 saturated heterocycles. The van der Waals surface area contributed by atoms with Crippen molar-refractivity contribution in [3.8, 4) is 0 Å². The monoisotopic (exact) mass is 2030 g/mol. The number of aryl methyl sites for hydroxylation is 2. The molecule has 25 heteroatoms. The summed E-state index contributed by atoms with van der Waals surface area (Å²) < 4.78 is 27.3. The number of aromatic nitrogens is 10. The van der Waals surface area contributed by atoms with E-state index < -0.39 is 10.0 Å². The molecule has 3 atom stereocenters. The van der Waals surface area contributed by atoms with Crippen molar-refractivity contribution in [2.45, 2.75) is 373 Å². The maximum atomic E-state index is 11.7. The van der Waals surface area contributed by atoms with Crippen LogP contribution in [0.25, 0.3) is 0 Å². The van der Waals surface area contributed by atoms with Gasteiger partial charge >= 0.3 is 12.0 Å². The van der Waals surface area contributed by atoms with Crippen LogP contribution in [-0.2, 0) is 34.8 Å². The van der Waals surface area contributed by atoms with Crippen LogP contribution < -0.4 is 29.6 Å². The normalized spacial score (nSPS) is 18.3. The summed E-state index contributed by atoms with van der Waals surface area (Å²) in [6.07, 6.45) is 37.3. The predicted molar refractivity (Wildman–Crippen MR) is 606 cm³/mol. The van der Waals surface area contributed by atoms with Crippen molar-refractivity contribution in [2.24, 2.45) is 102 Å². The van der Waals surface area contributed by atoms with Gasteiger partial charge in [0.1, 0.15) is 0 Å². The topological polar surface area (TPSA) is 245 Å². The number of piperidine rings is 7. The molecule has 5 aromatic heterocycles. The number of nitrogens with two attached hydrogens (primary N) is 1. The van der Waals surface area contributed by atoms with Gasteiger partial charge in [-0.2, -0.15) is 4.98 Å². The Balaban J connectivity index is 0.000000224. The summed E-state index contributed by atoms with van der Waals surface area (Å²) in [7, 11) is 0.0702. The van der Waals surface area contributed by atoms with Crippen LogP contribution >= 0.6 is 11.6 Å². The number of hydrogen-bond acceptors (Lipinski definition) is 20. The number of nitrogens with zero attached hydrogens (tertiary/aromatic N) is 18. The fourth-order valence-corrected chi connectivity index (χ4v) is 21.3. The molecule has 0 bridgehead atoms. The predicted octanol–water partition coefficient (Wildman–Crippen LogP) is 28.0. The third kappa shape index (κ3) is 41.7. The molecule has 0 radical (unpaired) electrons. The molecule has 810 valence electrons. The molecule has 7 aliphatic heterocycles. The first kappa shape index (κ1) is 123. The molecule has 2 aromatic carbocycles. The van der Waals surface area contributed by atoms with Gasteiger partial charge in [-0.15, -0.1) is 0 Å². The minimum atomic E-state index is -3.57. The first-order valence-corrected chi connectivity index (χ1v) is 57.3. The number of carbonyl (C=O) groups excluding carboxylic acids is 1. The quantitative estimate of drug-likeness (QED) is 0.0890. The molecule has 144 heavy (non-hydrogen) atoms. The number of halogens is 1. The van der Waals surface area contributed by atoms with Crippen molar-refractivity contribution in [1.29, 1.82) is 0 Å². The van der Waals surface area contributed by atoms with Crippen molar-refractivity contribution in [3.05, 3.63) is 143 Å². The Hall–Kier alpha value is -7.67. The Morgan fingerprint density at radius 1 is 0.431 bits per heavy atom. The highest BCUT2D eigenvalue weighted by Crippen LogP contribution is 2.44. The molecule has 7 aromatic rings. The minimum absolute atomic E-state index is 0.0247. The number of sulfonamides is 1. The van der Waals surface area contributed by atoms with Crippen LogP contribution in [0.5, 0.6) is 0 Å². The van der Waals surface area contributed by atoms with Crippen LogP contribution in [-0.4, -0.2) is 185 Å². The molecule has 23 nitrogen and oxygen atoms in total. The van der Waals surface area contributed by atoms with E-state index in [2.05, 4.69) is 338 Å². The fraction of sp³-hybridized carbons (Fsp3) is 0.739. The molecule has 7 aliphatic rings. The molecular weight excluding hydrogens is 1830 g/mol. The van der Waals surface area contributed by atoms with Crippen LogP contribution in [0, 0.1) is 97.1 Å². The van der Waals surface area contributed by atoms with Crippen LogP contribution in [0.4, 0.5) is 34.6 Å². The van der Waals surface area contributed by atoms with E-state index in [-0.39, 0.29) is 16.3 Å². The van der Waals surface area contributed by atoms with Gasteiger partial charge in [0.05, 0.1) is 22.3 Å². The molecule has 14 rings (SSSR count). The molecule has 0 aliphatic carbocycles. The highest BCUT2D eigenvalue weighted by atomic mass is 35.5. The average Bonchev–Trinajstić information content (AvgIpc) is 1.78. The molecular formula is C119H202ClN19O4S. The van der Waals surface area contributed by atoms with Crippen molar-refractivity contribution in [3.63, 3.8) is 0 Å². The summed E-state index contributed by atoms with van der Waals surface area (Å²) in [5.41, 5.74) is 9.16. The van der Waals surface area contributed by atoms with E-state index in [9.17, 15) is 13.2 Å². The Morgan fingerprint density at radius 2 is 0.778 bits per heavy atom. The highest BCUT2D eigenvalue weighted by Gasteiger charge is 2.39. The van der Waals surface area contributed by atoms with Crippen molar-refractivity contribution in [2.75, 3.05) is 130 Å². The Morgan fingerprint density at radius 3 is 1.09 bits per heavy atom. The van der Waals surface area contributed by atoms with Gasteiger partial charge in [0, 0.05) is 142 Å². The molecule has 2 amide bonds. The zero-order chi connectivity index (χ0) is 107. The van der Waals surface area contributed by atoms with E-state index >= 15 is 0 Å². The summed E-state index contributed by atoms with van der Waals surface area (Å²) in [5, 5.41) is 9.64. The third-order valence-electron chi connectivity index (χ3n) is 32.2. The summed E-state index contributed by atoms with van der Waals surface area (Å²) >= 11 is 5.82. The Labute approximate surface area is 882 Å². The van der Waals surface area contributed by atoms with Gasteiger partial charge in [0.15, 0.2) is 5.82 Å². The smallest absolute Gasteiger partial charge is 0.324 e. The maximum absolute atomic E-state index is 11.7. The number of benzene rings is 2. The molecule has 0 saturated carbocycles. The standard InChI is InChI=1S/C17H29N3.C17H27N.C16H29N3O.2C16H27N3.C15H24ClN3.C12H24N2O.C10H15NO2S/c1-6-14-11-18-16(19-12-14)20-9-7-15(8-10-20)13(2)17(3,4)5;1-17(2,3)13-15-9-11-18(12-10-15)14-16-7-5-4-6-8-16;1-11(2)14-17-15(20-18-14)19-9-7-13(8-10-19)12(3)16(4,5)6;1-12(2)13-10-17-15(18-11-13)19-8-6-14(7-9-19)16(3,4)5;1-5-6-13-11-17-15(18-12-13)19-9-7-14(8-10-19)16(2,3)4;1-11(15(2,3)4)12-5-7-19(8-6-12)14-17-9-13(16)10-18-14;1-12(2,3)10-6-8-14(9-7-10)11(15)13(4)5;1-10(2,3)8-4-6-9(7-5-8)14(11,12)13/h11-13,15H,6-10H2,1-5H3;4-8,15H,9-14H2,1-3H3;11-13H,7-10H2,1-6H3;10-12,14H,6-9H2,1-5H3;11-12,14H,5-10H2,1-4H3;9-12H,5-8H2,1-4H3;10H,6-9H2,1-5H3;4-7H,1-3H3,(H2,11,12,13). The SMILES string of the molecule is CC(C)(C)CC1CCN(Cc2ccccc2)CC1.CC(C)(C)c1ccc(S(N)(=O)=O)cc1.CC(C)c1cnc(N2CCC(C(C)(C)C)CC2)nc1.CC(C)c1noc(N2CCC(C(C)C(C)(C)C)CC2)n1.CC(C1CCN(c2ncc(Cl)cn2)CC1)C(C)(C)C.CCCc1cnc(N2CCC(C(C)(C)C)CC2)nc1.CCc1cnc(N2CCC(C(C)C(C)(C)C)CC2)nc1.CN(C)C(=O)N1CCC(C(C)(C)C)CC1. The number of hydrogen-bond donors (Lipinski definition) is 1. The number of likely N-dealkylation sites (tertiary alicyclic amines) is 2. The molecule has 12 heterocycles. The van der Waals surface area contributed by atoms with Gasteiger partial charge in [-0.25, -0.2) is 58.2 Å². The lowest BCUT2D eigenvalue weighted by Crippen LogP contribution is -2.45. The number of rotatable bonds is 17. The molecule has 7 fully saturated rings. The van der Waals surface area contributed by atoms with E-state index in [4.69, 9.17) is 21.3 Å². The van der Waals surface area contributed by atoms with E-state index in [1.165, 1.54) is 131 Å². The zero-order valence-corrected chi connectivity index (χ0v) is 98.7. The molecule has 0 spiro atoms. The highest BCUT2D eigenvalue weighted by molar-refractivity contribution is 7.89. The fourth-order valence-electron chi connectivity index (χ4n) is 20.7. The average molecular weight is 2030 g/mol. The summed E-state index contributed by atoms with van der Waals surface area (Å²) in [6, 6.07) is 18.4. The summed E-state index contributed by atoms with van der Waals surface area (Å²) in [6.45, 7) is 91.7. The lowest BCUT2D eigenvalue weighted by molar-refractivity contribution is 0.110. The van der Waals surface area contributed by atoms with Gasteiger partial charge in [-0.1, -0.05) is 294 Å². The number of urea groups is 1. The van der Waals surface area contributed by atoms with Crippen LogP contribution in [0.1, 0.15) is 377 Å². The minimum Gasteiger partial charge on any atom is -0.341 e. The maximum Gasteiger partial charge on any atom is 0.324 e. The van der Waals surface area contributed by atoms with Crippen molar-refractivity contribution in [1.82, 2.24) is 64.7 Å². The van der Waals surface area contributed by atoms with Crippen molar-refractivity contribution >= 4 is 57.5 Å². The van der Waals surface area contributed by atoms with E-state index in [1.54, 1.807) is 29.4 Å². The van der Waals surface area contributed by atoms with Crippen molar-refractivity contribution < 1.29 is 17.7 Å². The lowest BCUT2D eigenvalue weighted by Gasteiger charge is -2.40. The van der Waals surface area contributed by atoms with E-state index in [0.717, 1.165) is 212 Å². The van der Waals surface area contributed by atoms with E-state index in [0.29, 0.717) is 60.8 Å². The second kappa shape index (κ2) is 55.7. The Bertz CT molecular complexity index is 4850. The first-order chi connectivity index (χ1) is 67.0. The largest absolute Gasteiger partial charge is 0.341 e. The van der Waals surface area contributed by atoms with E-state index in [1.807, 2.05) is 56.2 Å². The summed E-state index contributed by atoms with van der Waals surface area (Å²) in [5.74, 6) is 13.2. The number of anilines is 5. The second-order valence-corrected chi connectivity index (χ2v) is 54.4. The van der Waals surface area contributed by atoms with Crippen LogP contribution in [0.15, 0.2) is 114 Å². The van der Waals surface area contributed by atoms with Gasteiger partial charge in [-0.05, 0) is 271 Å². The zero-order valence-electron chi connectivity index (χ0n) is 97.1. The van der Waals surface area contributed by atoms with Crippen LogP contribution in [0.3, 0.4) is 0 Å². The number of carbonyl (C=O) groups is 1.